The van der Waals surface area contributed by atoms with Crippen molar-refractivity contribution in [3.8, 4) is 0 Å². The third kappa shape index (κ3) is 5.19. The summed E-state index contributed by atoms with van der Waals surface area (Å²) in [4.78, 5) is 4.15. The molecular formula is C22H21NO4S2. The minimum atomic E-state index is -3.59. The van der Waals surface area contributed by atoms with Crippen molar-refractivity contribution in [1.82, 2.24) is 4.98 Å². The van der Waals surface area contributed by atoms with E-state index < -0.39 is 19.7 Å². The fraction of sp³-hybridized carbons (Fsp3) is 0.136. The van der Waals surface area contributed by atoms with Crippen LogP contribution >= 0.6 is 0 Å². The number of rotatable bonds is 7. The summed E-state index contributed by atoms with van der Waals surface area (Å²) in [5.74, 6) is -0.470. The van der Waals surface area contributed by atoms with Crippen molar-refractivity contribution in [3.05, 3.63) is 95.5 Å². The summed E-state index contributed by atoms with van der Waals surface area (Å²) in [6.45, 7) is 1.80. The molecule has 150 valence electrons. The van der Waals surface area contributed by atoms with E-state index in [1.54, 1.807) is 49.4 Å². The predicted octanol–water partition coefficient (Wildman–Crippen LogP) is 4.10. The number of benzene rings is 2. The first-order valence-corrected chi connectivity index (χ1v) is 12.2. The Kier molecular flexibility index (Phi) is 6.30. The molecule has 0 saturated heterocycles. The van der Waals surface area contributed by atoms with Crippen LogP contribution in [-0.4, -0.2) is 27.6 Å². The lowest BCUT2D eigenvalue weighted by Crippen LogP contribution is -2.14. The van der Waals surface area contributed by atoms with E-state index in [-0.39, 0.29) is 21.6 Å². The van der Waals surface area contributed by atoms with Crippen molar-refractivity contribution < 1.29 is 16.8 Å². The van der Waals surface area contributed by atoms with Gasteiger partial charge in [-0.1, -0.05) is 55.5 Å². The first kappa shape index (κ1) is 21.0. The van der Waals surface area contributed by atoms with E-state index in [4.69, 9.17) is 0 Å². The SMILES string of the molecule is CC(CS(=O)(=O)c1ccccn1)c1ccccc1/C=C/S(=O)(=O)c1ccccc1. The van der Waals surface area contributed by atoms with E-state index in [1.807, 2.05) is 12.1 Å². The number of sulfone groups is 2. The molecule has 0 N–H and O–H groups in total. The average molecular weight is 428 g/mol. The van der Waals surface area contributed by atoms with Crippen molar-refractivity contribution in [2.24, 2.45) is 0 Å². The van der Waals surface area contributed by atoms with Gasteiger partial charge in [-0.2, -0.15) is 0 Å². The highest BCUT2D eigenvalue weighted by molar-refractivity contribution is 7.94. The van der Waals surface area contributed by atoms with Crippen LogP contribution in [0.3, 0.4) is 0 Å². The van der Waals surface area contributed by atoms with Gasteiger partial charge in [0.25, 0.3) is 0 Å². The molecule has 1 atom stereocenters. The molecule has 3 aromatic rings. The predicted molar refractivity (Wildman–Crippen MR) is 114 cm³/mol. The molecule has 0 amide bonds. The molecule has 1 aromatic heterocycles. The van der Waals surface area contributed by atoms with Crippen LogP contribution in [0.25, 0.3) is 6.08 Å². The summed E-state index contributed by atoms with van der Waals surface area (Å²) in [5.41, 5.74) is 1.42. The van der Waals surface area contributed by atoms with Gasteiger partial charge >= 0.3 is 0 Å². The molecule has 0 aliphatic heterocycles. The van der Waals surface area contributed by atoms with Gasteiger partial charge in [0.1, 0.15) is 0 Å². The van der Waals surface area contributed by atoms with Crippen LogP contribution < -0.4 is 0 Å². The van der Waals surface area contributed by atoms with E-state index >= 15 is 0 Å². The second-order valence-electron chi connectivity index (χ2n) is 6.64. The fourth-order valence-electron chi connectivity index (χ4n) is 3.00. The number of nitrogens with zero attached hydrogens (tertiary/aromatic N) is 1. The van der Waals surface area contributed by atoms with Gasteiger partial charge in [0, 0.05) is 11.6 Å². The van der Waals surface area contributed by atoms with Gasteiger partial charge in [-0.25, -0.2) is 21.8 Å². The van der Waals surface area contributed by atoms with Crippen LogP contribution in [0.5, 0.6) is 0 Å². The van der Waals surface area contributed by atoms with Crippen LogP contribution in [0.15, 0.2) is 94.3 Å². The molecule has 2 aromatic carbocycles. The van der Waals surface area contributed by atoms with Crippen molar-refractivity contribution >= 4 is 25.8 Å². The maximum atomic E-state index is 12.7. The smallest absolute Gasteiger partial charge is 0.199 e. The highest BCUT2D eigenvalue weighted by atomic mass is 32.2. The zero-order chi connectivity index (χ0) is 20.9. The summed E-state index contributed by atoms with van der Waals surface area (Å²) in [6.07, 6.45) is 2.96. The first-order chi connectivity index (χ1) is 13.8. The van der Waals surface area contributed by atoms with Gasteiger partial charge < -0.3 is 0 Å². The van der Waals surface area contributed by atoms with Crippen LogP contribution in [0.2, 0.25) is 0 Å². The van der Waals surface area contributed by atoms with Crippen LogP contribution in [-0.2, 0) is 19.7 Å². The lowest BCUT2D eigenvalue weighted by atomic mass is 9.97. The Morgan fingerprint density at radius 2 is 1.52 bits per heavy atom. The molecule has 1 heterocycles. The zero-order valence-electron chi connectivity index (χ0n) is 15.8. The number of hydrogen-bond donors (Lipinski definition) is 0. The normalized spacial score (nSPS) is 13.4. The molecule has 0 spiro atoms. The third-order valence-electron chi connectivity index (χ3n) is 4.45. The Morgan fingerprint density at radius 3 is 2.21 bits per heavy atom. The van der Waals surface area contributed by atoms with Crippen molar-refractivity contribution in [2.75, 3.05) is 5.75 Å². The highest BCUT2D eigenvalue weighted by Gasteiger charge is 2.22. The number of aromatic nitrogens is 1. The van der Waals surface area contributed by atoms with Crippen molar-refractivity contribution in [3.63, 3.8) is 0 Å². The number of hydrogen-bond acceptors (Lipinski definition) is 5. The van der Waals surface area contributed by atoms with Crippen LogP contribution in [0.1, 0.15) is 24.0 Å². The monoisotopic (exact) mass is 427 g/mol. The second-order valence-corrected chi connectivity index (χ2v) is 10.5. The Morgan fingerprint density at radius 1 is 0.862 bits per heavy atom. The largest absolute Gasteiger partial charge is 0.245 e. The fourth-order valence-corrected chi connectivity index (χ4v) is 5.53. The van der Waals surface area contributed by atoms with E-state index in [0.717, 1.165) is 11.0 Å². The molecule has 7 heteroatoms. The Bertz CT molecular complexity index is 1200. The summed E-state index contributed by atoms with van der Waals surface area (Å²) < 4.78 is 50.3. The van der Waals surface area contributed by atoms with Gasteiger partial charge in [0.05, 0.1) is 10.6 Å². The standard InChI is InChI=1S/C22H21NO4S2/c1-18(17-29(26,27)22-13-7-8-15-23-22)21-12-6-5-9-19(21)14-16-28(24,25)20-10-3-2-4-11-20/h2-16,18H,17H2,1H3/b16-14+. The lowest BCUT2D eigenvalue weighted by molar-refractivity contribution is 0.586. The summed E-state index contributed by atoms with van der Waals surface area (Å²) in [6, 6.07) is 20.1. The van der Waals surface area contributed by atoms with Crippen LogP contribution in [0, 0.1) is 0 Å². The molecule has 29 heavy (non-hydrogen) atoms. The molecule has 0 aliphatic rings. The third-order valence-corrected chi connectivity index (χ3v) is 7.69. The van der Waals surface area contributed by atoms with E-state index in [1.165, 1.54) is 30.5 Å². The molecule has 0 fully saturated rings. The Balaban J connectivity index is 1.87. The lowest BCUT2D eigenvalue weighted by Gasteiger charge is -2.15. The highest BCUT2D eigenvalue weighted by Crippen LogP contribution is 2.25. The molecule has 1 unspecified atom stereocenters. The summed E-state index contributed by atoms with van der Waals surface area (Å²) in [7, 11) is -7.15. The Hall–Kier alpha value is -2.77. The van der Waals surface area contributed by atoms with Crippen molar-refractivity contribution in [2.45, 2.75) is 22.8 Å². The molecular weight excluding hydrogens is 406 g/mol. The van der Waals surface area contributed by atoms with Gasteiger partial charge in [-0.15, -0.1) is 0 Å². The second kappa shape index (κ2) is 8.71. The Labute approximate surface area is 171 Å². The van der Waals surface area contributed by atoms with Gasteiger partial charge in [0.2, 0.25) is 0 Å². The van der Waals surface area contributed by atoms with E-state index in [2.05, 4.69) is 4.98 Å². The maximum Gasteiger partial charge on any atom is 0.199 e. The van der Waals surface area contributed by atoms with Gasteiger partial charge in [-0.3, -0.25) is 0 Å². The average Bonchev–Trinajstić information content (AvgIpc) is 2.73. The molecule has 5 nitrogen and oxygen atoms in total. The topological polar surface area (TPSA) is 81.2 Å². The van der Waals surface area contributed by atoms with Gasteiger partial charge in [-0.05, 0) is 47.4 Å². The molecule has 0 saturated carbocycles. The van der Waals surface area contributed by atoms with Crippen molar-refractivity contribution in [1.29, 1.82) is 0 Å². The zero-order valence-corrected chi connectivity index (χ0v) is 17.5. The van der Waals surface area contributed by atoms with E-state index in [9.17, 15) is 16.8 Å². The number of pyridine rings is 1. The minimum Gasteiger partial charge on any atom is -0.245 e. The summed E-state index contributed by atoms with van der Waals surface area (Å²) >= 11 is 0. The van der Waals surface area contributed by atoms with E-state index in [0.29, 0.717) is 5.56 Å². The quantitative estimate of drug-likeness (QED) is 0.567. The molecule has 0 radical (unpaired) electrons. The summed E-state index contributed by atoms with van der Waals surface area (Å²) in [5, 5.41) is 1.19. The maximum absolute atomic E-state index is 12.7. The molecule has 0 bridgehead atoms. The molecule has 0 aliphatic carbocycles. The molecule has 3 rings (SSSR count). The first-order valence-electron chi connectivity index (χ1n) is 9.00. The minimum absolute atomic E-state index is 0.0338. The van der Waals surface area contributed by atoms with Crippen LogP contribution in [0.4, 0.5) is 0 Å². The van der Waals surface area contributed by atoms with Gasteiger partial charge in [0.15, 0.2) is 24.7 Å².